The van der Waals surface area contributed by atoms with Gasteiger partial charge in [-0.2, -0.15) is 0 Å². The number of aryl methyl sites for hydroxylation is 4. The molecule has 0 bridgehead atoms. The van der Waals surface area contributed by atoms with Crippen molar-refractivity contribution >= 4 is 5.91 Å². The predicted molar refractivity (Wildman–Crippen MR) is 109 cm³/mol. The van der Waals surface area contributed by atoms with Crippen LogP contribution in [0.4, 0.5) is 0 Å². The molecule has 0 saturated carbocycles. The number of benzene rings is 1. The van der Waals surface area contributed by atoms with Crippen LogP contribution < -0.4 is 0 Å². The Bertz CT molecular complexity index is 1150. The summed E-state index contributed by atoms with van der Waals surface area (Å²) in [6.45, 7) is 6.00. The molecule has 4 rings (SSSR count). The number of carbonyl (C=O) groups excluding carboxylic acids is 1. The second-order valence-corrected chi connectivity index (χ2v) is 7.25. The van der Waals surface area contributed by atoms with Crippen LogP contribution in [0, 0.1) is 20.8 Å². The van der Waals surface area contributed by atoms with Crippen molar-refractivity contribution in [1.82, 2.24) is 24.8 Å². The number of rotatable bonds is 6. The Labute approximate surface area is 174 Å². The Kier molecular flexibility index (Phi) is 5.22. The fraction of sp³-hybridized carbons (Fsp3) is 0.273. The molecule has 8 heteroatoms. The van der Waals surface area contributed by atoms with Gasteiger partial charge in [0.1, 0.15) is 28.6 Å². The zero-order valence-corrected chi connectivity index (χ0v) is 17.4. The van der Waals surface area contributed by atoms with Crippen molar-refractivity contribution in [2.75, 3.05) is 0 Å². The van der Waals surface area contributed by atoms with Crippen molar-refractivity contribution in [3.63, 3.8) is 0 Å². The largest absolute Gasteiger partial charge is 0.361 e. The summed E-state index contributed by atoms with van der Waals surface area (Å²) < 4.78 is 12.6. The molecule has 3 aromatic heterocycles. The van der Waals surface area contributed by atoms with Crippen molar-refractivity contribution in [2.24, 2.45) is 7.05 Å². The Balaban J connectivity index is 1.74. The molecule has 3 heterocycles. The van der Waals surface area contributed by atoms with Gasteiger partial charge in [0.25, 0.3) is 5.91 Å². The van der Waals surface area contributed by atoms with Gasteiger partial charge in [-0.3, -0.25) is 4.79 Å². The van der Waals surface area contributed by atoms with Gasteiger partial charge in [-0.25, -0.2) is 4.98 Å². The molecule has 0 atom stereocenters. The molecule has 8 nitrogen and oxygen atoms in total. The lowest BCUT2D eigenvalue weighted by molar-refractivity contribution is 0.0721. The third-order valence-electron chi connectivity index (χ3n) is 5.17. The first-order valence-corrected chi connectivity index (χ1v) is 9.64. The highest BCUT2D eigenvalue weighted by atomic mass is 16.5. The first kappa shape index (κ1) is 19.6. The quantitative estimate of drug-likeness (QED) is 0.484. The topological polar surface area (TPSA) is 90.2 Å². The minimum atomic E-state index is -0.172. The van der Waals surface area contributed by atoms with Gasteiger partial charge in [0.15, 0.2) is 0 Å². The molecule has 0 fully saturated rings. The van der Waals surface area contributed by atoms with Crippen molar-refractivity contribution in [3.05, 3.63) is 76.9 Å². The van der Waals surface area contributed by atoms with Gasteiger partial charge >= 0.3 is 0 Å². The molecule has 30 heavy (non-hydrogen) atoms. The average Bonchev–Trinajstić information content (AvgIpc) is 3.41. The molecule has 0 aliphatic rings. The second kappa shape index (κ2) is 7.98. The molecule has 1 amide bonds. The predicted octanol–water partition coefficient (Wildman–Crippen LogP) is 3.83. The standard InChI is InChI=1S/C22H23N5O3/c1-14-20(16(3)30-24-14)22(28)27(13-19-23-10-11-26(19)4)12-18-15(2)29-25-21(18)17-8-6-5-7-9-17/h5-11H,12-13H2,1-4H3. The van der Waals surface area contributed by atoms with E-state index in [-0.39, 0.29) is 5.91 Å². The highest BCUT2D eigenvalue weighted by Gasteiger charge is 2.27. The van der Waals surface area contributed by atoms with Gasteiger partial charge in [0.2, 0.25) is 0 Å². The van der Waals surface area contributed by atoms with E-state index in [1.165, 1.54) is 0 Å². The summed E-state index contributed by atoms with van der Waals surface area (Å²) in [6.07, 6.45) is 3.57. The van der Waals surface area contributed by atoms with Crippen molar-refractivity contribution in [1.29, 1.82) is 0 Å². The summed E-state index contributed by atoms with van der Waals surface area (Å²) in [5, 5.41) is 8.19. The van der Waals surface area contributed by atoms with Gasteiger partial charge in [-0.15, -0.1) is 0 Å². The molecule has 4 aromatic rings. The number of imidazole rings is 1. The maximum Gasteiger partial charge on any atom is 0.260 e. The van der Waals surface area contributed by atoms with Crippen molar-refractivity contribution in [3.8, 4) is 11.3 Å². The molecule has 1 aromatic carbocycles. The van der Waals surface area contributed by atoms with Crippen LogP contribution in [0.2, 0.25) is 0 Å². The van der Waals surface area contributed by atoms with E-state index in [9.17, 15) is 4.79 Å². The first-order chi connectivity index (χ1) is 14.5. The molecule has 0 aliphatic heterocycles. The normalized spacial score (nSPS) is 11.1. The Morgan fingerprint density at radius 3 is 2.40 bits per heavy atom. The van der Waals surface area contributed by atoms with Gasteiger partial charge < -0.3 is 18.5 Å². The van der Waals surface area contributed by atoms with Crippen molar-refractivity contribution < 1.29 is 13.8 Å². The van der Waals surface area contributed by atoms with Crippen LogP contribution in [0.1, 0.15) is 39.0 Å². The Morgan fingerprint density at radius 1 is 1.03 bits per heavy atom. The van der Waals surface area contributed by atoms with E-state index in [2.05, 4.69) is 15.3 Å². The minimum absolute atomic E-state index is 0.172. The lowest BCUT2D eigenvalue weighted by Gasteiger charge is -2.22. The first-order valence-electron chi connectivity index (χ1n) is 9.64. The number of nitrogens with zero attached hydrogens (tertiary/aromatic N) is 5. The zero-order chi connectivity index (χ0) is 21.3. The third kappa shape index (κ3) is 3.63. The maximum absolute atomic E-state index is 13.5. The van der Waals surface area contributed by atoms with Gasteiger partial charge in [-0.05, 0) is 20.8 Å². The lowest BCUT2D eigenvalue weighted by Crippen LogP contribution is -2.32. The lowest BCUT2D eigenvalue weighted by atomic mass is 10.1. The smallest absolute Gasteiger partial charge is 0.260 e. The number of carbonyl (C=O) groups is 1. The minimum Gasteiger partial charge on any atom is -0.361 e. The summed E-state index contributed by atoms with van der Waals surface area (Å²) in [5.41, 5.74) is 3.55. The SMILES string of the molecule is Cc1noc(C)c1C(=O)N(Cc1c(-c2ccccc2)noc1C)Cc1nccn1C. The Morgan fingerprint density at radius 2 is 1.77 bits per heavy atom. The summed E-state index contributed by atoms with van der Waals surface area (Å²) >= 11 is 0. The monoisotopic (exact) mass is 405 g/mol. The fourth-order valence-electron chi connectivity index (χ4n) is 3.46. The fourth-order valence-corrected chi connectivity index (χ4v) is 3.46. The maximum atomic E-state index is 13.5. The van der Waals surface area contributed by atoms with Crippen LogP contribution in [-0.2, 0) is 20.1 Å². The Hall–Kier alpha value is -3.68. The third-order valence-corrected chi connectivity index (χ3v) is 5.17. The van der Waals surface area contributed by atoms with E-state index in [1.807, 2.05) is 55.1 Å². The van der Waals surface area contributed by atoms with Crippen LogP contribution in [0.25, 0.3) is 11.3 Å². The zero-order valence-electron chi connectivity index (χ0n) is 17.4. The van der Waals surface area contributed by atoms with Crippen LogP contribution in [0.3, 0.4) is 0 Å². The molecule has 0 unspecified atom stereocenters. The number of aromatic nitrogens is 4. The molecular formula is C22H23N5O3. The molecular weight excluding hydrogens is 382 g/mol. The molecule has 0 aliphatic carbocycles. The van der Waals surface area contributed by atoms with Gasteiger partial charge in [0, 0.05) is 30.6 Å². The number of hydrogen-bond donors (Lipinski definition) is 0. The highest BCUT2D eigenvalue weighted by molar-refractivity contribution is 5.96. The van der Waals surface area contributed by atoms with Crippen LogP contribution in [0.15, 0.2) is 51.8 Å². The number of hydrogen-bond acceptors (Lipinski definition) is 6. The van der Waals surface area contributed by atoms with E-state index >= 15 is 0 Å². The van der Waals surface area contributed by atoms with Gasteiger partial charge in [-0.1, -0.05) is 40.6 Å². The number of amides is 1. The summed E-state index contributed by atoms with van der Waals surface area (Å²) in [5.74, 6) is 1.76. The molecule has 0 saturated heterocycles. The van der Waals surface area contributed by atoms with Crippen LogP contribution in [-0.4, -0.2) is 30.7 Å². The van der Waals surface area contributed by atoms with E-state index in [1.54, 1.807) is 24.9 Å². The van der Waals surface area contributed by atoms with E-state index < -0.39 is 0 Å². The van der Waals surface area contributed by atoms with Crippen LogP contribution >= 0.6 is 0 Å². The second-order valence-electron chi connectivity index (χ2n) is 7.25. The van der Waals surface area contributed by atoms with E-state index in [0.29, 0.717) is 35.9 Å². The van der Waals surface area contributed by atoms with Gasteiger partial charge in [0.05, 0.1) is 18.8 Å². The summed E-state index contributed by atoms with van der Waals surface area (Å²) in [4.78, 5) is 19.6. The summed E-state index contributed by atoms with van der Waals surface area (Å²) in [7, 11) is 1.90. The average molecular weight is 405 g/mol. The molecule has 0 N–H and O–H groups in total. The van der Waals surface area contributed by atoms with Crippen molar-refractivity contribution in [2.45, 2.75) is 33.9 Å². The molecule has 0 spiro atoms. The molecule has 154 valence electrons. The highest BCUT2D eigenvalue weighted by Crippen LogP contribution is 2.28. The van der Waals surface area contributed by atoms with E-state index in [0.717, 1.165) is 22.6 Å². The summed E-state index contributed by atoms with van der Waals surface area (Å²) in [6, 6.07) is 9.79. The van der Waals surface area contributed by atoms with E-state index in [4.69, 9.17) is 9.05 Å². The molecule has 0 radical (unpaired) electrons. The van der Waals surface area contributed by atoms with Crippen LogP contribution in [0.5, 0.6) is 0 Å².